The average Bonchev–Trinajstić information content (AvgIpc) is 2.54. The molecule has 0 radical (unpaired) electrons. The highest BCUT2D eigenvalue weighted by atomic mass is 16.5. The highest BCUT2D eigenvalue weighted by Crippen LogP contribution is 2.25. The number of nitrogens with one attached hydrogen (secondary N) is 1. The Labute approximate surface area is 123 Å². The Morgan fingerprint density at radius 2 is 1.48 bits per heavy atom. The zero-order valence-corrected chi connectivity index (χ0v) is 12.2. The lowest BCUT2D eigenvalue weighted by Crippen LogP contribution is -2.13. The second kappa shape index (κ2) is 6.65. The van der Waals surface area contributed by atoms with Gasteiger partial charge in [-0.15, -0.1) is 0 Å². The summed E-state index contributed by atoms with van der Waals surface area (Å²) in [6, 6.07) is 12.1. The fourth-order valence-electron chi connectivity index (χ4n) is 1.86. The van der Waals surface area contributed by atoms with Gasteiger partial charge in [-0.25, -0.2) is 0 Å². The summed E-state index contributed by atoms with van der Waals surface area (Å²) in [5.74, 6) is 1.57. The van der Waals surface area contributed by atoms with E-state index in [2.05, 4.69) is 5.32 Å². The summed E-state index contributed by atoms with van der Waals surface area (Å²) < 4.78 is 15.4. The molecule has 2 rings (SSSR count). The Balaban J connectivity index is 2.19. The molecule has 0 aliphatic rings. The van der Waals surface area contributed by atoms with Gasteiger partial charge in [-0.05, 0) is 36.4 Å². The molecule has 1 N–H and O–H groups in total. The van der Waals surface area contributed by atoms with E-state index >= 15 is 0 Å². The molecular weight excluding hydrogens is 270 g/mol. The smallest absolute Gasteiger partial charge is 0.259 e. The van der Waals surface area contributed by atoms with Crippen LogP contribution in [0, 0.1) is 0 Å². The molecular formula is C16H17NO4. The lowest BCUT2D eigenvalue weighted by molar-refractivity contribution is 0.102. The van der Waals surface area contributed by atoms with Crippen molar-refractivity contribution in [2.75, 3.05) is 26.6 Å². The molecule has 5 nitrogen and oxygen atoms in total. The fraction of sp³-hybridized carbons (Fsp3) is 0.188. The van der Waals surface area contributed by atoms with Crippen LogP contribution in [0.2, 0.25) is 0 Å². The molecule has 0 atom stereocenters. The fourth-order valence-corrected chi connectivity index (χ4v) is 1.86. The van der Waals surface area contributed by atoms with Crippen LogP contribution in [0.1, 0.15) is 10.4 Å². The topological polar surface area (TPSA) is 56.8 Å². The Morgan fingerprint density at radius 3 is 2.05 bits per heavy atom. The monoisotopic (exact) mass is 287 g/mol. The lowest BCUT2D eigenvalue weighted by atomic mass is 10.1. The molecule has 110 valence electrons. The van der Waals surface area contributed by atoms with Crippen molar-refractivity contribution < 1.29 is 19.0 Å². The minimum absolute atomic E-state index is 0.250. The van der Waals surface area contributed by atoms with Gasteiger partial charge in [0.1, 0.15) is 17.2 Å². The van der Waals surface area contributed by atoms with E-state index in [0.29, 0.717) is 22.7 Å². The van der Waals surface area contributed by atoms with E-state index < -0.39 is 0 Å². The summed E-state index contributed by atoms with van der Waals surface area (Å²) in [6.07, 6.45) is 0. The maximum Gasteiger partial charge on any atom is 0.259 e. The number of benzene rings is 2. The van der Waals surface area contributed by atoms with Crippen LogP contribution in [0.25, 0.3) is 0 Å². The summed E-state index contributed by atoms with van der Waals surface area (Å²) in [7, 11) is 4.67. The van der Waals surface area contributed by atoms with Gasteiger partial charge >= 0.3 is 0 Å². The molecule has 0 bridgehead atoms. The zero-order chi connectivity index (χ0) is 15.2. The molecule has 0 spiro atoms. The Hall–Kier alpha value is -2.69. The summed E-state index contributed by atoms with van der Waals surface area (Å²) in [5.41, 5.74) is 1.12. The highest BCUT2D eigenvalue weighted by Gasteiger charge is 2.13. The predicted octanol–water partition coefficient (Wildman–Crippen LogP) is 2.96. The third-order valence-electron chi connectivity index (χ3n) is 3.00. The van der Waals surface area contributed by atoms with Crippen LogP contribution in [-0.4, -0.2) is 27.2 Å². The Bertz CT molecular complexity index is 623. The van der Waals surface area contributed by atoms with Gasteiger partial charge in [0.25, 0.3) is 5.91 Å². The van der Waals surface area contributed by atoms with Crippen LogP contribution < -0.4 is 19.5 Å². The van der Waals surface area contributed by atoms with Gasteiger partial charge in [0.15, 0.2) is 0 Å². The van der Waals surface area contributed by atoms with Crippen molar-refractivity contribution in [1.82, 2.24) is 0 Å². The van der Waals surface area contributed by atoms with Crippen molar-refractivity contribution in [3.63, 3.8) is 0 Å². The van der Waals surface area contributed by atoms with E-state index in [1.54, 1.807) is 56.7 Å². The van der Waals surface area contributed by atoms with Gasteiger partial charge < -0.3 is 19.5 Å². The molecule has 2 aromatic carbocycles. The van der Waals surface area contributed by atoms with Crippen LogP contribution in [0.15, 0.2) is 42.5 Å². The number of methoxy groups -OCH3 is 3. The standard InChI is InChI=1S/C16H17NO4/c1-19-12-6-4-11(5-7-12)17-16(18)14-9-8-13(20-2)10-15(14)21-3/h4-10H,1-3H3,(H,17,18). The zero-order valence-electron chi connectivity index (χ0n) is 12.2. The van der Waals surface area contributed by atoms with Crippen molar-refractivity contribution >= 4 is 11.6 Å². The SMILES string of the molecule is COc1ccc(NC(=O)c2ccc(OC)cc2OC)cc1. The van der Waals surface area contributed by atoms with E-state index in [4.69, 9.17) is 14.2 Å². The molecule has 0 saturated heterocycles. The van der Waals surface area contributed by atoms with Crippen molar-refractivity contribution in [3.8, 4) is 17.2 Å². The van der Waals surface area contributed by atoms with Gasteiger partial charge in [-0.2, -0.15) is 0 Å². The number of hydrogen-bond donors (Lipinski definition) is 1. The van der Waals surface area contributed by atoms with E-state index in [1.807, 2.05) is 0 Å². The third kappa shape index (κ3) is 3.45. The number of anilines is 1. The normalized spacial score (nSPS) is 9.86. The van der Waals surface area contributed by atoms with Crippen LogP contribution in [0.3, 0.4) is 0 Å². The summed E-state index contributed by atoms with van der Waals surface area (Å²) in [4.78, 5) is 12.3. The second-order valence-electron chi connectivity index (χ2n) is 4.25. The molecule has 0 saturated carbocycles. The summed E-state index contributed by atoms with van der Waals surface area (Å²) in [5, 5.41) is 2.81. The molecule has 0 aliphatic heterocycles. The minimum atomic E-state index is -0.250. The Morgan fingerprint density at radius 1 is 0.857 bits per heavy atom. The van der Waals surface area contributed by atoms with Gasteiger partial charge in [0.05, 0.1) is 26.9 Å². The molecule has 0 aromatic heterocycles. The number of hydrogen-bond acceptors (Lipinski definition) is 4. The number of carbonyl (C=O) groups is 1. The molecule has 0 unspecified atom stereocenters. The number of carbonyl (C=O) groups excluding carboxylic acids is 1. The van der Waals surface area contributed by atoms with Crippen LogP contribution in [0.5, 0.6) is 17.2 Å². The van der Waals surface area contributed by atoms with E-state index in [9.17, 15) is 4.79 Å². The van der Waals surface area contributed by atoms with E-state index in [-0.39, 0.29) is 5.91 Å². The average molecular weight is 287 g/mol. The minimum Gasteiger partial charge on any atom is -0.497 e. The number of rotatable bonds is 5. The summed E-state index contributed by atoms with van der Waals surface area (Å²) in [6.45, 7) is 0. The highest BCUT2D eigenvalue weighted by molar-refractivity contribution is 6.06. The number of ether oxygens (including phenoxy) is 3. The largest absolute Gasteiger partial charge is 0.497 e. The van der Waals surface area contributed by atoms with Gasteiger partial charge in [0, 0.05) is 11.8 Å². The predicted molar refractivity (Wildman–Crippen MR) is 80.5 cm³/mol. The van der Waals surface area contributed by atoms with Crippen molar-refractivity contribution in [2.24, 2.45) is 0 Å². The molecule has 0 heterocycles. The van der Waals surface area contributed by atoms with E-state index in [0.717, 1.165) is 5.75 Å². The molecule has 0 aliphatic carbocycles. The van der Waals surface area contributed by atoms with Gasteiger partial charge in [-0.3, -0.25) is 4.79 Å². The molecule has 1 amide bonds. The van der Waals surface area contributed by atoms with Crippen molar-refractivity contribution in [2.45, 2.75) is 0 Å². The first-order valence-electron chi connectivity index (χ1n) is 6.35. The Kier molecular flexibility index (Phi) is 4.66. The number of amides is 1. The van der Waals surface area contributed by atoms with Crippen LogP contribution in [-0.2, 0) is 0 Å². The molecule has 5 heteroatoms. The van der Waals surface area contributed by atoms with Crippen LogP contribution >= 0.6 is 0 Å². The first kappa shape index (κ1) is 14.7. The lowest BCUT2D eigenvalue weighted by Gasteiger charge is -2.11. The second-order valence-corrected chi connectivity index (χ2v) is 4.25. The van der Waals surface area contributed by atoms with E-state index in [1.165, 1.54) is 7.11 Å². The molecule has 2 aromatic rings. The molecule has 21 heavy (non-hydrogen) atoms. The molecule has 0 fully saturated rings. The van der Waals surface area contributed by atoms with Gasteiger partial charge in [-0.1, -0.05) is 0 Å². The summed E-state index contributed by atoms with van der Waals surface area (Å²) >= 11 is 0. The van der Waals surface area contributed by atoms with Crippen molar-refractivity contribution in [3.05, 3.63) is 48.0 Å². The van der Waals surface area contributed by atoms with Gasteiger partial charge in [0.2, 0.25) is 0 Å². The quantitative estimate of drug-likeness (QED) is 0.918. The van der Waals surface area contributed by atoms with Crippen molar-refractivity contribution in [1.29, 1.82) is 0 Å². The van der Waals surface area contributed by atoms with Crippen LogP contribution in [0.4, 0.5) is 5.69 Å². The maximum absolute atomic E-state index is 12.3. The first-order chi connectivity index (χ1) is 10.2. The third-order valence-corrected chi connectivity index (χ3v) is 3.00. The first-order valence-corrected chi connectivity index (χ1v) is 6.35. The maximum atomic E-state index is 12.3.